The third kappa shape index (κ3) is 6.24. The summed E-state index contributed by atoms with van der Waals surface area (Å²) in [4.78, 5) is 24.2. The molecule has 0 radical (unpaired) electrons. The Labute approximate surface area is 182 Å². The number of benzene rings is 2. The molecule has 10 heteroatoms. The molecule has 8 nitrogen and oxygen atoms in total. The summed E-state index contributed by atoms with van der Waals surface area (Å²) in [5.41, 5.74) is 1.43. The number of nitrogens with zero attached hydrogens (tertiary/aromatic N) is 2. The normalized spacial score (nSPS) is 10.5. The maximum atomic E-state index is 12.2. The van der Waals surface area contributed by atoms with E-state index in [4.69, 9.17) is 21.1 Å². The average Bonchev–Trinajstić information content (AvgIpc) is 3.21. The zero-order chi connectivity index (χ0) is 21.3. The Balaban J connectivity index is 1.42. The van der Waals surface area contributed by atoms with Gasteiger partial charge in [-0.2, -0.15) is 0 Å². The Kier molecular flexibility index (Phi) is 7.72. The Morgan fingerprint density at radius 1 is 1.13 bits per heavy atom. The van der Waals surface area contributed by atoms with Crippen LogP contribution in [0.1, 0.15) is 20.4 Å². The first kappa shape index (κ1) is 21.7. The topological polar surface area (TPSA) is 102 Å². The highest BCUT2D eigenvalue weighted by atomic mass is 35.5. The predicted octanol–water partition coefficient (Wildman–Crippen LogP) is 3.29. The van der Waals surface area contributed by atoms with Gasteiger partial charge >= 0.3 is 0 Å². The van der Waals surface area contributed by atoms with E-state index >= 15 is 0 Å². The van der Waals surface area contributed by atoms with Crippen LogP contribution in [0.3, 0.4) is 0 Å². The molecule has 0 unspecified atom stereocenters. The molecule has 0 aliphatic carbocycles. The van der Waals surface area contributed by atoms with Gasteiger partial charge in [-0.15, -0.1) is 10.2 Å². The Bertz CT molecular complexity index is 1030. The maximum Gasteiger partial charge on any atom is 0.286 e. The molecule has 2 N–H and O–H groups in total. The number of nitrogens with one attached hydrogen (secondary N) is 2. The van der Waals surface area contributed by atoms with Gasteiger partial charge in [-0.05, 0) is 24.3 Å². The number of amides is 2. The van der Waals surface area contributed by atoms with Crippen molar-refractivity contribution in [1.29, 1.82) is 0 Å². The number of para-hydroxylation sites is 1. The molecule has 0 fully saturated rings. The number of hydrogen-bond acceptors (Lipinski definition) is 7. The van der Waals surface area contributed by atoms with Gasteiger partial charge in [0.25, 0.3) is 5.91 Å². The van der Waals surface area contributed by atoms with Crippen molar-refractivity contribution in [2.45, 2.75) is 13.2 Å². The molecule has 2 aromatic carbocycles. The zero-order valence-electron chi connectivity index (χ0n) is 16.1. The van der Waals surface area contributed by atoms with Gasteiger partial charge in [0.05, 0.1) is 7.11 Å². The van der Waals surface area contributed by atoms with Crippen molar-refractivity contribution in [3.8, 4) is 5.75 Å². The largest absolute Gasteiger partial charge is 0.496 e. The lowest BCUT2D eigenvalue weighted by Crippen LogP contribution is -2.27. The van der Waals surface area contributed by atoms with Gasteiger partial charge in [0.1, 0.15) is 24.0 Å². The van der Waals surface area contributed by atoms with Gasteiger partial charge in [0.15, 0.2) is 0 Å². The van der Waals surface area contributed by atoms with E-state index in [2.05, 4.69) is 20.8 Å². The van der Waals surface area contributed by atoms with Crippen LogP contribution in [0.4, 0.5) is 5.69 Å². The molecule has 1 aromatic heterocycles. The summed E-state index contributed by atoms with van der Waals surface area (Å²) in [6, 6.07) is 14.2. The van der Waals surface area contributed by atoms with Crippen LogP contribution >= 0.6 is 22.9 Å². The summed E-state index contributed by atoms with van der Waals surface area (Å²) in [7, 11) is 1.58. The van der Waals surface area contributed by atoms with Crippen LogP contribution in [-0.4, -0.2) is 35.7 Å². The van der Waals surface area contributed by atoms with Crippen LogP contribution in [0, 0.1) is 0 Å². The van der Waals surface area contributed by atoms with E-state index in [9.17, 15) is 9.59 Å². The summed E-state index contributed by atoms with van der Waals surface area (Å²) in [6.45, 7) is 0.266. The molecule has 3 aromatic rings. The van der Waals surface area contributed by atoms with Gasteiger partial charge in [-0.25, -0.2) is 0 Å². The van der Waals surface area contributed by atoms with Crippen LogP contribution in [0.5, 0.6) is 5.75 Å². The lowest BCUT2D eigenvalue weighted by Gasteiger charge is -2.09. The first-order valence-corrected chi connectivity index (χ1v) is 10.1. The molecule has 0 saturated heterocycles. The molecule has 0 atom stereocenters. The van der Waals surface area contributed by atoms with Crippen molar-refractivity contribution in [3.05, 3.63) is 69.1 Å². The third-order valence-corrected chi connectivity index (χ3v) is 5.00. The predicted molar refractivity (Wildman–Crippen MR) is 114 cm³/mol. The first-order chi connectivity index (χ1) is 14.5. The van der Waals surface area contributed by atoms with E-state index < -0.39 is 5.91 Å². The summed E-state index contributed by atoms with van der Waals surface area (Å²) in [5, 5.41) is 14.4. The summed E-state index contributed by atoms with van der Waals surface area (Å²) in [5.74, 6) is 0.0380. The number of carbonyl (C=O) groups excluding carboxylic acids is 2. The maximum absolute atomic E-state index is 12.2. The number of rotatable bonds is 9. The molecular weight excluding hydrogens is 428 g/mol. The van der Waals surface area contributed by atoms with Gasteiger partial charge in [-0.1, -0.05) is 47.2 Å². The van der Waals surface area contributed by atoms with Gasteiger partial charge < -0.3 is 20.1 Å². The van der Waals surface area contributed by atoms with Gasteiger partial charge in [0.2, 0.25) is 10.9 Å². The molecule has 0 saturated carbocycles. The van der Waals surface area contributed by atoms with Crippen molar-refractivity contribution in [1.82, 2.24) is 15.5 Å². The number of anilines is 1. The number of methoxy groups -OCH3 is 1. The first-order valence-electron chi connectivity index (χ1n) is 8.91. The van der Waals surface area contributed by atoms with Crippen molar-refractivity contribution >= 4 is 40.4 Å². The summed E-state index contributed by atoms with van der Waals surface area (Å²) >= 11 is 6.99. The lowest BCUT2D eigenvalue weighted by molar-refractivity contribution is -0.126. The number of aromatic nitrogens is 2. The second-order valence-electron chi connectivity index (χ2n) is 6.05. The fourth-order valence-electron chi connectivity index (χ4n) is 2.48. The van der Waals surface area contributed by atoms with Crippen molar-refractivity contribution in [2.75, 3.05) is 19.0 Å². The van der Waals surface area contributed by atoms with Crippen LogP contribution < -0.4 is 15.4 Å². The van der Waals surface area contributed by atoms with Crippen LogP contribution in [-0.2, 0) is 22.7 Å². The monoisotopic (exact) mass is 446 g/mol. The minimum Gasteiger partial charge on any atom is -0.496 e. The molecule has 0 aliphatic heterocycles. The SMILES string of the molecule is COc1ccccc1CNC(=O)COCc1nnc(C(=O)Nc2cccc(Cl)c2)s1. The van der Waals surface area contributed by atoms with Crippen LogP contribution in [0.2, 0.25) is 5.02 Å². The highest BCUT2D eigenvalue weighted by molar-refractivity contribution is 7.13. The zero-order valence-corrected chi connectivity index (χ0v) is 17.6. The highest BCUT2D eigenvalue weighted by Crippen LogP contribution is 2.18. The minimum atomic E-state index is -0.393. The second kappa shape index (κ2) is 10.7. The quantitative estimate of drug-likeness (QED) is 0.523. The van der Waals surface area contributed by atoms with E-state index in [1.807, 2.05) is 24.3 Å². The van der Waals surface area contributed by atoms with Crippen molar-refractivity contribution < 1.29 is 19.1 Å². The number of carbonyl (C=O) groups is 2. The van der Waals surface area contributed by atoms with Crippen molar-refractivity contribution in [3.63, 3.8) is 0 Å². The number of hydrogen-bond donors (Lipinski definition) is 2. The van der Waals surface area contributed by atoms with Gasteiger partial charge in [-0.3, -0.25) is 9.59 Å². The highest BCUT2D eigenvalue weighted by Gasteiger charge is 2.14. The van der Waals surface area contributed by atoms with E-state index in [-0.39, 0.29) is 24.1 Å². The fraction of sp³-hybridized carbons (Fsp3) is 0.200. The number of halogens is 1. The lowest BCUT2D eigenvalue weighted by atomic mass is 10.2. The molecule has 1 heterocycles. The average molecular weight is 447 g/mol. The molecule has 0 bridgehead atoms. The molecule has 30 heavy (non-hydrogen) atoms. The molecule has 0 aliphatic rings. The smallest absolute Gasteiger partial charge is 0.286 e. The Morgan fingerprint density at radius 3 is 2.77 bits per heavy atom. The van der Waals surface area contributed by atoms with Gasteiger partial charge in [0, 0.05) is 22.8 Å². The Morgan fingerprint density at radius 2 is 1.97 bits per heavy atom. The van der Waals surface area contributed by atoms with E-state index in [1.54, 1.807) is 31.4 Å². The fourth-order valence-corrected chi connectivity index (χ4v) is 3.34. The molecule has 0 spiro atoms. The standard InChI is InChI=1S/C20H19ClN4O4S/c1-28-16-8-3-2-5-13(16)10-22-17(26)11-29-12-18-24-25-20(30-18)19(27)23-15-7-4-6-14(21)9-15/h2-9H,10-12H2,1H3,(H,22,26)(H,23,27). The van der Waals surface area contributed by atoms with Crippen molar-refractivity contribution in [2.24, 2.45) is 0 Å². The molecule has 2 amide bonds. The molecular formula is C20H19ClN4O4S. The number of ether oxygens (including phenoxy) is 2. The van der Waals surface area contributed by atoms with E-state index in [0.29, 0.717) is 28.0 Å². The molecule has 3 rings (SSSR count). The minimum absolute atomic E-state index is 0.0736. The van der Waals surface area contributed by atoms with E-state index in [0.717, 1.165) is 16.9 Å². The van der Waals surface area contributed by atoms with Crippen LogP contribution in [0.25, 0.3) is 0 Å². The van der Waals surface area contributed by atoms with E-state index in [1.165, 1.54) is 0 Å². The van der Waals surface area contributed by atoms with Crippen LogP contribution in [0.15, 0.2) is 48.5 Å². The third-order valence-electron chi connectivity index (χ3n) is 3.87. The molecule has 156 valence electrons. The summed E-state index contributed by atoms with van der Waals surface area (Å²) in [6.07, 6.45) is 0. The second-order valence-corrected chi connectivity index (χ2v) is 7.55. The Hall–Kier alpha value is -3.01. The summed E-state index contributed by atoms with van der Waals surface area (Å²) < 4.78 is 10.6.